The Labute approximate surface area is 180 Å². The fraction of sp³-hybridized carbons (Fsp3) is 0.682. The molecule has 168 valence electrons. The summed E-state index contributed by atoms with van der Waals surface area (Å²) in [7, 11) is -3.55. The largest absolute Gasteiger partial charge is 0.376 e. The SMILES string of the molecule is CC[C@H]1CN([C@@H](CC)C(=O)Nc2ccc(C)c(S(=O)(=O)N3CCCCC3)c2)CCO1. The van der Waals surface area contributed by atoms with E-state index in [0.29, 0.717) is 37.4 Å². The first-order valence-corrected chi connectivity index (χ1v) is 12.6. The summed E-state index contributed by atoms with van der Waals surface area (Å²) in [5, 5.41) is 2.96. The Balaban J connectivity index is 1.76. The topological polar surface area (TPSA) is 79.0 Å². The van der Waals surface area contributed by atoms with E-state index in [0.717, 1.165) is 38.8 Å². The van der Waals surface area contributed by atoms with Crippen LogP contribution >= 0.6 is 0 Å². The van der Waals surface area contributed by atoms with Crippen molar-refractivity contribution in [2.45, 2.75) is 69.9 Å². The molecule has 2 fully saturated rings. The van der Waals surface area contributed by atoms with Crippen LogP contribution < -0.4 is 5.32 Å². The molecule has 0 spiro atoms. The predicted octanol–water partition coefficient (Wildman–Crippen LogP) is 3.00. The van der Waals surface area contributed by atoms with E-state index >= 15 is 0 Å². The summed E-state index contributed by atoms with van der Waals surface area (Å²) >= 11 is 0. The summed E-state index contributed by atoms with van der Waals surface area (Å²) in [4.78, 5) is 15.5. The normalized spacial score (nSPS) is 22.6. The van der Waals surface area contributed by atoms with Crippen molar-refractivity contribution in [3.63, 3.8) is 0 Å². The Hall–Kier alpha value is -1.48. The third kappa shape index (κ3) is 5.22. The molecule has 0 bridgehead atoms. The van der Waals surface area contributed by atoms with Gasteiger partial charge in [0.25, 0.3) is 0 Å². The van der Waals surface area contributed by atoms with Gasteiger partial charge in [0.2, 0.25) is 15.9 Å². The monoisotopic (exact) mass is 437 g/mol. The first-order valence-electron chi connectivity index (χ1n) is 11.1. The molecule has 3 rings (SSSR count). The Morgan fingerprint density at radius 1 is 1.20 bits per heavy atom. The number of anilines is 1. The van der Waals surface area contributed by atoms with Crippen LogP contribution in [-0.2, 0) is 19.6 Å². The minimum Gasteiger partial charge on any atom is -0.376 e. The Bertz CT molecular complexity index is 837. The molecule has 1 N–H and O–H groups in total. The van der Waals surface area contributed by atoms with E-state index in [9.17, 15) is 13.2 Å². The Morgan fingerprint density at radius 3 is 2.60 bits per heavy atom. The van der Waals surface area contributed by atoms with Crippen molar-refractivity contribution in [1.29, 1.82) is 0 Å². The minimum atomic E-state index is -3.55. The van der Waals surface area contributed by atoms with E-state index in [-0.39, 0.29) is 22.9 Å². The molecule has 2 atom stereocenters. The molecule has 1 aromatic carbocycles. The molecule has 30 heavy (non-hydrogen) atoms. The van der Waals surface area contributed by atoms with E-state index in [1.54, 1.807) is 29.4 Å². The van der Waals surface area contributed by atoms with Crippen molar-refractivity contribution in [2.24, 2.45) is 0 Å². The molecular formula is C22H35N3O4S. The van der Waals surface area contributed by atoms with Gasteiger partial charge in [-0.15, -0.1) is 0 Å². The number of morpholine rings is 1. The first kappa shape index (κ1) is 23.2. The standard InChI is InChI=1S/C22H35N3O4S/c1-4-19-16-24(13-14-29-19)20(5-2)22(26)23-18-10-9-17(3)21(15-18)30(27,28)25-11-7-6-8-12-25/h9-10,15,19-20H,4-8,11-14,16H2,1-3H3,(H,23,26)/t19-,20-/m0/s1. The Kier molecular flexibility index (Phi) is 7.90. The lowest BCUT2D eigenvalue weighted by atomic mass is 10.1. The number of hydrogen-bond donors (Lipinski definition) is 1. The second-order valence-electron chi connectivity index (χ2n) is 8.25. The zero-order valence-electron chi connectivity index (χ0n) is 18.4. The van der Waals surface area contributed by atoms with E-state index in [1.807, 2.05) is 6.92 Å². The second-order valence-corrected chi connectivity index (χ2v) is 10.2. The Morgan fingerprint density at radius 2 is 1.93 bits per heavy atom. The highest BCUT2D eigenvalue weighted by Gasteiger charge is 2.30. The van der Waals surface area contributed by atoms with Gasteiger partial charge in [-0.2, -0.15) is 4.31 Å². The summed E-state index contributed by atoms with van der Waals surface area (Å²) in [6.07, 6.45) is 4.62. The lowest BCUT2D eigenvalue weighted by Gasteiger charge is -2.37. The lowest BCUT2D eigenvalue weighted by Crippen LogP contribution is -2.51. The summed E-state index contributed by atoms with van der Waals surface area (Å²) in [5.41, 5.74) is 1.23. The molecule has 2 aliphatic rings. The minimum absolute atomic E-state index is 0.0978. The summed E-state index contributed by atoms with van der Waals surface area (Å²) in [6, 6.07) is 4.91. The van der Waals surface area contributed by atoms with Crippen molar-refractivity contribution in [3.05, 3.63) is 23.8 Å². The van der Waals surface area contributed by atoms with Crippen LogP contribution in [0.2, 0.25) is 0 Å². The summed E-state index contributed by atoms with van der Waals surface area (Å²) < 4.78 is 33.6. The molecule has 0 aromatic heterocycles. The van der Waals surface area contributed by atoms with Crippen LogP contribution in [0.15, 0.2) is 23.1 Å². The number of carbonyl (C=O) groups is 1. The maximum absolute atomic E-state index is 13.1. The van der Waals surface area contributed by atoms with Crippen molar-refractivity contribution >= 4 is 21.6 Å². The van der Waals surface area contributed by atoms with Crippen molar-refractivity contribution in [1.82, 2.24) is 9.21 Å². The highest BCUT2D eigenvalue weighted by atomic mass is 32.2. The zero-order valence-corrected chi connectivity index (χ0v) is 19.2. The van der Waals surface area contributed by atoms with Gasteiger partial charge >= 0.3 is 0 Å². The number of benzene rings is 1. The van der Waals surface area contributed by atoms with E-state index < -0.39 is 10.0 Å². The molecule has 0 saturated carbocycles. The zero-order chi connectivity index (χ0) is 21.7. The van der Waals surface area contributed by atoms with Crippen LogP contribution in [0.3, 0.4) is 0 Å². The van der Waals surface area contributed by atoms with Crippen LogP contribution in [0.5, 0.6) is 0 Å². The number of amides is 1. The fourth-order valence-corrected chi connectivity index (χ4v) is 6.08. The number of ether oxygens (including phenoxy) is 1. The number of hydrogen-bond acceptors (Lipinski definition) is 5. The van der Waals surface area contributed by atoms with Gasteiger partial charge in [0.05, 0.1) is 23.6 Å². The van der Waals surface area contributed by atoms with Gasteiger partial charge < -0.3 is 10.1 Å². The van der Waals surface area contributed by atoms with Gasteiger partial charge in [-0.05, 0) is 50.3 Å². The molecule has 2 saturated heterocycles. The molecule has 1 aromatic rings. The molecule has 2 aliphatic heterocycles. The molecular weight excluding hydrogens is 402 g/mol. The molecule has 7 nitrogen and oxygen atoms in total. The quantitative estimate of drug-likeness (QED) is 0.709. The van der Waals surface area contributed by atoms with Crippen LogP contribution in [0.1, 0.15) is 51.5 Å². The molecule has 1 amide bonds. The maximum Gasteiger partial charge on any atom is 0.243 e. The average Bonchev–Trinajstić information content (AvgIpc) is 2.76. The number of aryl methyl sites for hydroxylation is 1. The van der Waals surface area contributed by atoms with E-state index in [4.69, 9.17) is 4.74 Å². The first-order chi connectivity index (χ1) is 14.4. The smallest absolute Gasteiger partial charge is 0.243 e. The summed E-state index contributed by atoms with van der Waals surface area (Å²) in [5.74, 6) is -0.0978. The molecule has 2 heterocycles. The van der Waals surface area contributed by atoms with Crippen LogP contribution in [0.4, 0.5) is 5.69 Å². The van der Waals surface area contributed by atoms with Gasteiger partial charge in [-0.25, -0.2) is 8.42 Å². The van der Waals surface area contributed by atoms with Crippen LogP contribution in [-0.4, -0.2) is 68.5 Å². The fourth-order valence-electron chi connectivity index (χ4n) is 4.31. The number of piperidine rings is 1. The highest BCUT2D eigenvalue weighted by Crippen LogP contribution is 2.26. The van der Waals surface area contributed by atoms with Crippen LogP contribution in [0.25, 0.3) is 0 Å². The average molecular weight is 438 g/mol. The van der Waals surface area contributed by atoms with Gasteiger partial charge in [0.1, 0.15) is 0 Å². The highest BCUT2D eigenvalue weighted by molar-refractivity contribution is 7.89. The molecule has 8 heteroatoms. The molecule has 0 radical (unpaired) electrons. The van der Waals surface area contributed by atoms with Gasteiger partial charge in [0.15, 0.2) is 0 Å². The molecule has 0 unspecified atom stereocenters. The lowest BCUT2D eigenvalue weighted by molar-refractivity contribution is -0.125. The molecule has 0 aliphatic carbocycles. The number of nitrogens with zero attached hydrogens (tertiary/aromatic N) is 2. The number of carbonyl (C=O) groups excluding carboxylic acids is 1. The van der Waals surface area contributed by atoms with Crippen molar-refractivity contribution in [3.8, 4) is 0 Å². The van der Waals surface area contributed by atoms with Crippen LogP contribution in [0, 0.1) is 6.92 Å². The number of nitrogens with one attached hydrogen (secondary N) is 1. The number of rotatable bonds is 7. The number of sulfonamides is 1. The van der Waals surface area contributed by atoms with Crippen molar-refractivity contribution in [2.75, 3.05) is 38.1 Å². The second kappa shape index (κ2) is 10.2. The van der Waals surface area contributed by atoms with Crippen molar-refractivity contribution < 1.29 is 17.9 Å². The third-order valence-electron chi connectivity index (χ3n) is 6.14. The maximum atomic E-state index is 13.1. The predicted molar refractivity (Wildman–Crippen MR) is 118 cm³/mol. The van der Waals surface area contributed by atoms with Gasteiger partial charge in [-0.1, -0.05) is 26.3 Å². The third-order valence-corrected chi connectivity index (χ3v) is 8.18. The van der Waals surface area contributed by atoms with E-state index in [1.165, 1.54) is 0 Å². The van der Waals surface area contributed by atoms with E-state index in [2.05, 4.69) is 17.1 Å². The van der Waals surface area contributed by atoms with Gasteiger partial charge in [-0.3, -0.25) is 9.69 Å². The van der Waals surface area contributed by atoms with Gasteiger partial charge in [0, 0.05) is 31.9 Å². The summed E-state index contributed by atoms with van der Waals surface area (Å²) in [6.45, 7) is 9.11.